The van der Waals surface area contributed by atoms with Gasteiger partial charge in [-0.3, -0.25) is 0 Å². The van der Waals surface area contributed by atoms with Gasteiger partial charge < -0.3 is 0 Å². The first-order valence-corrected chi connectivity index (χ1v) is 16.3. The first-order valence-electron chi connectivity index (χ1n) is 14.7. The highest BCUT2D eigenvalue weighted by atomic mass is 32.1. The molecule has 0 saturated heterocycles. The number of hydrogen-bond donors (Lipinski definition) is 0. The van der Waals surface area contributed by atoms with E-state index in [4.69, 9.17) is 9.97 Å². The van der Waals surface area contributed by atoms with Crippen LogP contribution in [0.15, 0.2) is 146 Å². The van der Waals surface area contributed by atoms with Gasteiger partial charge in [0.25, 0.3) is 0 Å². The fourth-order valence-corrected chi connectivity index (χ4v) is 8.61. The Bertz CT molecular complexity index is 2510. The minimum Gasteiger partial charge on any atom is -0.228 e. The van der Waals surface area contributed by atoms with Gasteiger partial charge in [0.1, 0.15) is 0 Å². The lowest BCUT2D eigenvalue weighted by Crippen LogP contribution is -1.97. The summed E-state index contributed by atoms with van der Waals surface area (Å²) in [7, 11) is 0. The molecule has 0 N–H and O–H groups in total. The summed E-state index contributed by atoms with van der Waals surface area (Å²) in [5.74, 6) is 0.734. The summed E-state index contributed by atoms with van der Waals surface area (Å²) >= 11 is 3.65. The molecule has 6 aromatic carbocycles. The summed E-state index contributed by atoms with van der Waals surface area (Å²) in [6, 6.07) is 51.8. The van der Waals surface area contributed by atoms with Crippen LogP contribution in [0.5, 0.6) is 0 Å². The average Bonchev–Trinajstić information content (AvgIpc) is 3.66. The van der Waals surface area contributed by atoms with Crippen molar-refractivity contribution < 1.29 is 0 Å². The second kappa shape index (κ2) is 10.2. The van der Waals surface area contributed by atoms with Gasteiger partial charge in [0.15, 0.2) is 5.82 Å². The van der Waals surface area contributed by atoms with Gasteiger partial charge in [-0.25, -0.2) is 9.97 Å². The molecule has 0 saturated carbocycles. The van der Waals surface area contributed by atoms with Crippen LogP contribution in [0.25, 0.3) is 85.4 Å². The average molecular weight is 597 g/mol. The largest absolute Gasteiger partial charge is 0.228 e. The van der Waals surface area contributed by atoms with Crippen LogP contribution in [0.2, 0.25) is 0 Å². The standard InChI is InChI=1S/C40H24N2S2/c1-2-11-25(12-3-1)27-13-4-5-14-28(27)34-24-35(33-18-10-17-32-30-16-7-9-20-37(30)44-39(32)33)42-40(41-34)26-21-22-31-29-15-6-8-19-36(29)43-38(31)23-26/h1-24H. The highest BCUT2D eigenvalue weighted by Crippen LogP contribution is 2.42. The third kappa shape index (κ3) is 4.15. The number of hydrogen-bond acceptors (Lipinski definition) is 4. The molecule has 3 aromatic heterocycles. The van der Waals surface area contributed by atoms with Gasteiger partial charge in [-0.05, 0) is 35.4 Å². The molecule has 3 heterocycles. The van der Waals surface area contributed by atoms with Gasteiger partial charge in [-0.2, -0.15) is 0 Å². The molecule has 0 atom stereocenters. The molecule has 0 amide bonds. The van der Waals surface area contributed by atoms with E-state index in [0.29, 0.717) is 0 Å². The number of nitrogens with zero attached hydrogens (tertiary/aromatic N) is 2. The lowest BCUT2D eigenvalue weighted by molar-refractivity contribution is 1.19. The third-order valence-electron chi connectivity index (χ3n) is 8.33. The van der Waals surface area contributed by atoms with Crippen molar-refractivity contribution in [1.29, 1.82) is 0 Å². The third-order valence-corrected chi connectivity index (χ3v) is 10.7. The van der Waals surface area contributed by atoms with E-state index in [-0.39, 0.29) is 0 Å². The SMILES string of the molecule is c1ccc(-c2ccccc2-c2cc(-c3cccc4c3sc3ccccc34)nc(-c3ccc4c(c3)sc3ccccc34)n2)cc1. The number of thiophene rings is 2. The molecule has 0 fully saturated rings. The molecule has 0 unspecified atom stereocenters. The summed E-state index contributed by atoms with van der Waals surface area (Å²) in [5, 5.41) is 5.12. The Morgan fingerprint density at radius 2 is 0.955 bits per heavy atom. The molecule has 0 radical (unpaired) electrons. The highest BCUT2D eigenvalue weighted by Gasteiger charge is 2.17. The number of aromatic nitrogens is 2. The lowest BCUT2D eigenvalue weighted by atomic mass is 9.96. The van der Waals surface area contributed by atoms with E-state index >= 15 is 0 Å². The van der Waals surface area contributed by atoms with Crippen molar-refractivity contribution in [2.75, 3.05) is 0 Å². The van der Waals surface area contributed by atoms with Crippen LogP contribution in [0, 0.1) is 0 Å². The zero-order valence-corrected chi connectivity index (χ0v) is 25.2. The van der Waals surface area contributed by atoms with Crippen molar-refractivity contribution >= 4 is 63.0 Å². The van der Waals surface area contributed by atoms with E-state index in [1.807, 2.05) is 22.7 Å². The summed E-state index contributed by atoms with van der Waals surface area (Å²) < 4.78 is 5.08. The molecule has 0 spiro atoms. The van der Waals surface area contributed by atoms with Crippen LogP contribution in [0.1, 0.15) is 0 Å². The van der Waals surface area contributed by atoms with Gasteiger partial charge in [0, 0.05) is 57.0 Å². The van der Waals surface area contributed by atoms with Crippen molar-refractivity contribution in [3.63, 3.8) is 0 Å². The van der Waals surface area contributed by atoms with Crippen LogP contribution < -0.4 is 0 Å². The van der Waals surface area contributed by atoms with E-state index in [1.165, 1.54) is 45.9 Å². The monoisotopic (exact) mass is 596 g/mol. The highest BCUT2D eigenvalue weighted by molar-refractivity contribution is 7.26. The Morgan fingerprint density at radius 3 is 1.77 bits per heavy atom. The maximum atomic E-state index is 5.28. The first kappa shape index (κ1) is 25.3. The fraction of sp³-hybridized carbons (Fsp3) is 0. The topological polar surface area (TPSA) is 25.8 Å². The quantitative estimate of drug-likeness (QED) is 0.202. The Labute approximate surface area is 262 Å². The molecule has 0 aliphatic carbocycles. The maximum absolute atomic E-state index is 5.28. The van der Waals surface area contributed by atoms with Crippen molar-refractivity contribution in [1.82, 2.24) is 9.97 Å². The first-order chi connectivity index (χ1) is 21.8. The van der Waals surface area contributed by atoms with Crippen molar-refractivity contribution in [2.24, 2.45) is 0 Å². The van der Waals surface area contributed by atoms with E-state index < -0.39 is 0 Å². The van der Waals surface area contributed by atoms with Crippen molar-refractivity contribution in [3.8, 4) is 45.0 Å². The smallest absolute Gasteiger partial charge is 0.160 e. The van der Waals surface area contributed by atoms with E-state index in [0.717, 1.165) is 39.5 Å². The Hall–Kier alpha value is -5.16. The molecular weight excluding hydrogens is 573 g/mol. The normalized spacial score (nSPS) is 11.6. The molecule has 0 bridgehead atoms. The molecule has 44 heavy (non-hydrogen) atoms. The van der Waals surface area contributed by atoms with Gasteiger partial charge >= 0.3 is 0 Å². The molecule has 9 aromatic rings. The van der Waals surface area contributed by atoms with Crippen LogP contribution in [-0.4, -0.2) is 9.97 Å². The fourth-order valence-electron chi connectivity index (χ4n) is 6.24. The molecule has 0 aliphatic rings. The van der Waals surface area contributed by atoms with Gasteiger partial charge in [-0.15, -0.1) is 22.7 Å². The molecule has 4 heteroatoms. The van der Waals surface area contributed by atoms with Crippen LogP contribution in [0.4, 0.5) is 0 Å². The molecule has 206 valence electrons. The Morgan fingerprint density at radius 1 is 0.364 bits per heavy atom. The van der Waals surface area contributed by atoms with Crippen molar-refractivity contribution in [3.05, 3.63) is 146 Å². The number of benzene rings is 6. The predicted octanol–water partition coefficient (Wildman–Crippen LogP) is 11.9. The second-order valence-corrected chi connectivity index (χ2v) is 13.1. The predicted molar refractivity (Wildman–Crippen MR) is 190 cm³/mol. The number of fused-ring (bicyclic) bond motifs is 6. The van der Waals surface area contributed by atoms with Crippen LogP contribution in [0.3, 0.4) is 0 Å². The lowest BCUT2D eigenvalue weighted by Gasteiger charge is -2.13. The van der Waals surface area contributed by atoms with Gasteiger partial charge in [0.2, 0.25) is 0 Å². The number of rotatable bonds is 4. The minimum absolute atomic E-state index is 0.734. The minimum atomic E-state index is 0.734. The van der Waals surface area contributed by atoms with Gasteiger partial charge in [0.05, 0.1) is 11.4 Å². The zero-order valence-electron chi connectivity index (χ0n) is 23.6. The zero-order chi connectivity index (χ0) is 29.0. The Kier molecular flexibility index (Phi) is 5.90. The second-order valence-electron chi connectivity index (χ2n) is 11.0. The Balaban J connectivity index is 1.31. The molecule has 0 aliphatic heterocycles. The molecule has 9 rings (SSSR count). The summed E-state index contributed by atoms with van der Waals surface area (Å²) in [6.45, 7) is 0. The van der Waals surface area contributed by atoms with E-state index in [1.54, 1.807) is 0 Å². The summed E-state index contributed by atoms with van der Waals surface area (Å²) in [6.07, 6.45) is 0. The molecular formula is C40H24N2S2. The van der Waals surface area contributed by atoms with Crippen molar-refractivity contribution in [2.45, 2.75) is 0 Å². The maximum Gasteiger partial charge on any atom is 0.160 e. The molecule has 2 nitrogen and oxygen atoms in total. The summed E-state index contributed by atoms with van der Waals surface area (Å²) in [5.41, 5.74) is 7.42. The van der Waals surface area contributed by atoms with Crippen LogP contribution >= 0.6 is 22.7 Å². The van der Waals surface area contributed by atoms with E-state index in [9.17, 15) is 0 Å². The van der Waals surface area contributed by atoms with Crippen LogP contribution in [-0.2, 0) is 0 Å². The van der Waals surface area contributed by atoms with Gasteiger partial charge in [-0.1, -0.05) is 121 Å². The summed E-state index contributed by atoms with van der Waals surface area (Å²) in [4.78, 5) is 10.5. The van der Waals surface area contributed by atoms with E-state index in [2.05, 4.69) is 146 Å².